The molecule has 0 spiro atoms. The van der Waals surface area contributed by atoms with Crippen molar-refractivity contribution < 1.29 is 0 Å². The number of rotatable bonds is 3. The summed E-state index contributed by atoms with van der Waals surface area (Å²) in [5.41, 5.74) is 8.02. The summed E-state index contributed by atoms with van der Waals surface area (Å²) in [6.07, 6.45) is 0. The highest BCUT2D eigenvalue weighted by atomic mass is 79.9. The smallest absolute Gasteiger partial charge is 0.0712 e. The van der Waals surface area contributed by atoms with Gasteiger partial charge in [-0.25, -0.2) is 5.43 Å². The quantitative estimate of drug-likeness (QED) is 0.629. The van der Waals surface area contributed by atoms with E-state index in [1.807, 2.05) is 0 Å². The third kappa shape index (κ3) is 3.73. The van der Waals surface area contributed by atoms with Crippen LogP contribution in [0, 0.1) is 6.92 Å². The molecule has 0 saturated heterocycles. The van der Waals surface area contributed by atoms with Crippen molar-refractivity contribution in [3.63, 3.8) is 0 Å². The second-order valence-corrected chi connectivity index (χ2v) is 7.39. The zero-order valence-electron chi connectivity index (χ0n) is 13.1. The first-order valence-corrected chi connectivity index (χ1v) is 7.95. The maximum absolute atomic E-state index is 5.81. The number of nitrogens with two attached hydrogens (primary N) is 1. The Morgan fingerprint density at radius 3 is 2.14 bits per heavy atom. The van der Waals surface area contributed by atoms with Gasteiger partial charge in [-0.15, -0.1) is 0 Å². The van der Waals surface area contributed by atoms with Gasteiger partial charge in [-0.1, -0.05) is 67.0 Å². The minimum atomic E-state index is 0.00659. The zero-order chi connectivity index (χ0) is 15.6. The number of hydrogen-bond donors (Lipinski definition) is 2. The lowest BCUT2D eigenvalue weighted by Gasteiger charge is -2.22. The van der Waals surface area contributed by atoms with Gasteiger partial charge in [0.1, 0.15) is 0 Å². The number of halogens is 1. The summed E-state index contributed by atoms with van der Waals surface area (Å²) >= 11 is 3.50. The maximum Gasteiger partial charge on any atom is 0.0712 e. The van der Waals surface area contributed by atoms with E-state index in [9.17, 15) is 0 Å². The zero-order valence-corrected chi connectivity index (χ0v) is 14.7. The summed E-state index contributed by atoms with van der Waals surface area (Å²) in [6.45, 7) is 8.77. The first-order chi connectivity index (χ1) is 9.82. The fraction of sp³-hybridized carbons (Fsp3) is 0.333. The lowest BCUT2D eigenvalue weighted by molar-refractivity contribution is 0.587. The van der Waals surface area contributed by atoms with Crippen LogP contribution in [0.1, 0.15) is 49.1 Å². The van der Waals surface area contributed by atoms with Gasteiger partial charge in [0.25, 0.3) is 0 Å². The SMILES string of the molecule is Cc1cc(Br)ccc1C(NN)c1ccc(C(C)(C)C)cc1. The highest BCUT2D eigenvalue weighted by Gasteiger charge is 2.17. The Kier molecular flexibility index (Phi) is 4.87. The van der Waals surface area contributed by atoms with Crippen LogP contribution in [0.5, 0.6) is 0 Å². The van der Waals surface area contributed by atoms with E-state index in [-0.39, 0.29) is 11.5 Å². The Hall–Kier alpha value is -1.16. The molecule has 0 bridgehead atoms. The third-order valence-electron chi connectivity index (χ3n) is 3.82. The molecular weight excluding hydrogens is 324 g/mol. The van der Waals surface area contributed by atoms with Crippen molar-refractivity contribution in [3.8, 4) is 0 Å². The molecule has 21 heavy (non-hydrogen) atoms. The first kappa shape index (κ1) is 16.2. The number of aryl methyl sites for hydroxylation is 1. The minimum absolute atomic E-state index is 0.00659. The average molecular weight is 347 g/mol. The molecule has 2 rings (SSSR count). The summed E-state index contributed by atoms with van der Waals surface area (Å²) in [5.74, 6) is 5.81. The predicted molar refractivity (Wildman–Crippen MR) is 93.2 cm³/mol. The molecule has 0 aliphatic rings. The highest BCUT2D eigenvalue weighted by molar-refractivity contribution is 9.10. The number of hydrazine groups is 1. The van der Waals surface area contributed by atoms with Crippen LogP contribution in [-0.2, 0) is 5.41 Å². The lowest BCUT2D eigenvalue weighted by atomic mass is 9.85. The summed E-state index contributed by atoms with van der Waals surface area (Å²) < 4.78 is 1.09. The van der Waals surface area contributed by atoms with Crippen molar-refractivity contribution in [2.45, 2.75) is 39.2 Å². The molecule has 0 saturated carbocycles. The molecule has 0 aromatic heterocycles. The van der Waals surface area contributed by atoms with Gasteiger partial charge in [-0.3, -0.25) is 5.84 Å². The van der Waals surface area contributed by atoms with Crippen LogP contribution in [0.25, 0.3) is 0 Å². The normalized spacial score (nSPS) is 13.2. The van der Waals surface area contributed by atoms with Crippen LogP contribution in [0.3, 0.4) is 0 Å². The van der Waals surface area contributed by atoms with Crippen LogP contribution in [-0.4, -0.2) is 0 Å². The molecule has 0 amide bonds. The molecule has 3 N–H and O–H groups in total. The molecule has 2 nitrogen and oxygen atoms in total. The van der Waals surface area contributed by atoms with E-state index in [4.69, 9.17) is 5.84 Å². The van der Waals surface area contributed by atoms with Gasteiger partial charge in [0.05, 0.1) is 6.04 Å². The van der Waals surface area contributed by atoms with E-state index in [0.29, 0.717) is 0 Å². The highest BCUT2D eigenvalue weighted by Crippen LogP contribution is 2.29. The fourth-order valence-corrected chi connectivity index (χ4v) is 2.98. The van der Waals surface area contributed by atoms with E-state index in [0.717, 1.165) is 4.47 Å². The first-order valence-electron chi connectivity index (χ1n) is 7.15. The Morgan fingerprint density at radius 2 is 1.67 bits per heavy atom. The summed E-state index contributed by atoms with van der Waals surface area (Å²) in [6, 6.07) is 15.0. The van der Waals surface area contributed by atoms with E-state index >= 15 is 0 Å². The van der Waals surface area contributed by atoms with E-state index in [2.05, 4.69) is 91.5 Å². The summed E-state index contributed by atoms with van der Waals surface area (Å²) in [5, 5.41) is 0. The Labute approximate surface area is 135 Å². The minimum Gasteiger partial charge on any atom is -0.271 e. The largest absolute Gasteiger partial charge is 0.271 e. The van der Waals surface area contributed by atoms with Gasteiger partial charge in [0.2, 0.25) is 0 Å². The Balaban J connectivity index is 2.37. The molecule has 2 aromatic rings. The van der Waals surface area contributed by atoms with Crippen LogP contribution < -0.4 is 11.3 Å². The number of benzene rings is 2. The second kappa shape index (κ2) is 6.30. The van der Waals surface area contributed by atoms with Gasteiger partial charge < -0.3 is 0 Å². The molecule has 0 aliphatic heterocycles. The summed E-state index contributed by atoms with van der Waals surface area (Å²) in [7, 11) is 0. The Bertz CT molecular complexity index is 612. The van der Waals surface area contributed by atoms with Crippen LogP contribution in [0.4, 0.5) is 0 Å². The molecule has 0 heterocycles. The van der Waals surface area contributed by atoms with Gasteiger partial charge in [-0.2, -0.15) is 0 Å². The van der Waals surface area contributed by atoms with Crippen LogP contribution in [0.15, 0.2) is 46.9 Å². The summed E-state index contributed by atoms with van der Waals surface area (Å²) in [4.78, 5) is 0. The number of hydrogen-bond acceptors (Lipinski definition) is 2. The third-order valence-corrected chi connectivity index (χ3v) is 4.31. The Morgan fingerprint density at radius 1 is 1.05 bits per heavy atom. The molecule has 1 atom stereocenters. The lowest BCUT2D eigenvalue weighted by Crippen LogP contribution is -2.29. The molecule has 0 aliphatic carbocycles. The van der Waals surface area contributed by atoms with Crippen molar-refractivity contribution in [3.05, 3.63) is 69.2 Å². The molecule has 0 radical (unpaired) electrons. The van der Waals surface area contributed by atoms with E-state index in [1.165, 1.54) is 22.3 Å². The van der Waals surface area contributed by atoms with Gasteiger partial charge in [0, 0.05) is 4.47 Å². The standard InChI is InChI=1S/C18H23BrN2/c1-12-11-15(19)9-10-16(12)17(21-20)13-5-7-14(8-6-13)18(2,3)4/h5-11,17,21H,20H2,1-4H3. The molecule has 3 heteroatoms. The predicted octanol–water partition coefficient (Wildman–Crippen LogP) is 4.61. The molecule has 2 aromatic carbocycles. The van der Waals surface area contributed by atoms with Crippen molar-refractivity contribution in [1.29, 1.82) is 0 Å². The molecule has 0 fully saturated rings. The van der Waals surface area contributed by atoms with Gasteiger partial charge >= 0.3 is 0 Å². The monoisotopic (exact) mass is 346 g/mol. The average Bonchev–Trinajstić information content (AvgIpc) is 2.41. The molecular formula is C18H23BrN2. The molecule has 112 valence electrons. The fourth-order valence-electron chi connectivity index (χ4n) is 2.50. The van der Waals surface area contributed by atoms with E-state index in [1.54, 1.807) is 0 Å². The van der Waals surface area contributed by atoms with Crippen LogP contribution in [0.2, 0.25) is 0 Å². The van der Waals surface area contributed by atoms with Crippen molar-refractivity contribution in [2.24, 2.45) is 5.84 Å². The van der Waals surface area contributed by atoms with E-state index < -0.39 is 0 Å². The number of nitrogens with one attached hydrogen (secondary N) is 1. The topological polar surface area (TPSA) is 38.0 Å². The van der Waals surface area contributed by atoms with Crippen molar-refractivity contribution in [1.82, 2.24) is 5.43 Å². The molecule has 1 unspecified atom stereocenters. The second-order valence-electron chi connectivity index (χ2n) is 6.47. The maximum atomic E-state index is 5.81. The van der Waals surface area contributed by atoms with Crippen molar-refractivity contribution in [2.75, 3.05) is 0 Å². The van der Waals surface area contributed by atoms with Crippen molar-refractivity contribution >= 4 is 15.9 Å². The van der Waals surface area contributed by atoms with Gasteiger partial charge in [-0.05, 0) is 46.7 Å². The van der Waals surface area contributed by atoms with Crippen LogP contribution >= 0.6 is 15.9 Å². The van der Waals surface area contributed by atoms with Gasteiger partial charge in [0.15, 0.2) is 0 Å².